The second kappa shape index (κ2) is 7.58. The third kappa shape index (κ3) is 4.42. The highest BCUT2D eigenvalue weighted by Gasteiger charge is 2.07. The molecule has 1 aromatic heterocycles. The van der Waals surface area contributed by atoms with Gasteiger partial charge in [0.2, 0.25) is 5.91 Å². The summed E-state index contributed by atoms with van der Waals surface area (Å²) in [5, 5.41) is 2.78. The predicted octanol–water partition coefficient (Wildman–Crippen LogP) is 1.69. The first-order valence-corrected chi connectivity index (χ1v) is 7.50. The highest BCUT2D eigenvalue weighted by molar-refractivity contribution is 5.77. The number of nitrogens with zero attached hydrogens (tertiary/aromatic N) is 2. The summed E-state index contributed by atoms with van der Waals surface area (Å²) in [6, 6.07) is 8.85. The molecule has 0 atom stereocenters. The molecule has 2 aromatic rings. The molecule has 0 fully saturated rings. The Kier molecular flexibility index (Phi) is 5.51. The van der Waals surface area contributed by atoms with E-state index in [9.17, 15) is 9.59 Å². The minimum atomic E-state index is -0.149. The maximum atomic E-state index is 12.1. The van der Waals surface area contributed by atoms with Crippen LogP contribution >= 0.6 is 0 Å². The average molecular weight is 315 g/mol. The van der Waals surface area contributed by atoms with Crippen LogP contribution < -0.4 is 15.6 Å². The molecule has 122 valence electrons. The van der Waals surface area contributed by atoms with Crippen LogP contribution in [-0.2, 0) is 11.3 Å². The zero-order valence-corrected chi connectivity index (χ0v) is 13.6. The van der Waals surface area contributed by atoms with E-state index >= 15 is 0 Å². The Morgan fingerprint density at radius 1 is 1.30 bits per heavy atom. The molecular formula is C17H21N3O3. The van der Waals surface area contributed by atoms with Crippen molar-refractivity contribution in [1.82, 2.24) is 14.9 Å². The summed E-state index contributed by atoms with van der Waals surface area (Å²) in [6.45, 7) is 4.45. The van der Waals surface area contributed by atoms with Crippen LogP contribution in [0.1, 0.15) is 13.8 Å². The van der Waals surface area contributed by atoms with Gasteiger partial charge >= 0.3 is 0 Å². The minimum Gasteiger partial charge on any atom is -0.497 e. The van der Waals surface area contributed by atoms with Crippen LogP contribution in [-0.4, -0.2) is 29.1 Å². The van der Waals surface area contributed by atoms with E-state index in [1.165, 1.54) is 17.0 Å². The summed E-state index contributed by atoms with van der Waals surface area (Å²) in [6.07, 6.45) is 1.50. The summed E-state index contributed by atoms with van der Waals surface area (Å²) in [4.78, 5) is 27.9. The normalized spacial score (nSPS) is 10.6. The number of hydrogen-bond donors (Lipinski definition) is 1. The fourth-order valence-electron chi connectivity index (χ4n) is 2.02. The Bertz CT molecular complexity index is 721. The number of aromatic nitrogens is 2. The van der Waals surface area contributed by atoms with Crippen molar-refractivity contribution in [1.29, 1.82) is 0 Å². The summed E-state index contributed by atoms with van der Waals surface area (Å²) in [5.74, 6) is 0.658. The molecule has 0 unspecified atom stereocenters. The van der Waals surface area contributed by atoms with Crippen LogP contribution in [0.5, 0.6) is 5.75 Å². The Morgan fingerprint density at radius 3 is 2.57 bits per heavy atom. The molecule has 6 heteroatoms. The number of ether oxygens (including phenoxy) is 1. The van der Waals surface area contributed by atoms with Crippen LogP contribution in [0, 0.1) is 5.92 Å². The number of carbonyl (C=O) groups excluding carboxylic acids is 1. The fraction of sp³-hybridized carbons (Fsp3) is 0.353. The quantitative estimate of drug-likeness (QED) is 0.880. The van der Waals surface area contributed by atoms with E-state index in [0.29, 0.717) is 18.8 Å². The molecule has 0 aliphatic rings. The van der Waals surface area contributed by atoms with E-state index in [0.717, 1.165) is 11.3 Å². The highest BCUT2D eigenvalue weighted by Crippen LogP contribution is 2.19. The number of rotatable bonds is 6. The van der Waals surface area contributed by atoms with E-state index in [1.54, 1.807) is 7.11 Å². The van der Waals surface area contributed by atoms with Gasteiger partial charge in [-0.15, -0.1) is 0 Å². The summed E-state index contributed by atoms with van der Waals surface area (Å²) < 4.78 is 6.59. The minimum absolute atomic E-state index is 0.0270. The molecule has 6 nitrogen and oxygen atoms in total. The summed E-state index contributed by atoms with van der Waals surface area (Å²) >= 11 is 0. The van der Waals surface area contributed by atoms with Crippen LogP contribution in [0.25, 0.3) is 11.3 Å². The number of hydrogen-bond acceptors (Lipinski definition) is 4. The lowest BCUT2D eigenvalue weighted by atomic mass is 10.1. The smallest absolute Gasteiger partial charge is 0.253 e. The summed E-state index contributed by atoms with van der Waals surface area (Å²) in [7, 11) is 1.60. The lowest BCUT2D eigenvalue weighted by Crippen LogP contribution is -2.33. The van der Waals surface area contributed by atoms with E-state index in [1.807, 2.05) is 38.1 Å². The molecule has 0 saturated heterocycles. The molecule has 0 radical (unpaired) electrons. The van der Waals surface area contributed by atoms with E-state index in [-0.39, 0.29) is 17.4 Å². The SMILES string of the molecule is COc1ccc(-c2cc(=O)n(CCNC(=O)C(C)C)cn2)cc1. The molecular weight excluding hydrogens is 294 g/mol. The van der Waals surface area contributed by atoms with Crippen LogP contribution in [0.4, 0.5) is 0 Å². The van der Waals surface area contributed by atoms with Crippen LogP contribution in [0.15, 0.2) is 41.5 Å². The molecule has 23 heavy (non-hydrogen) atoms. The average Bonchev–Trinajstić information content (AvgIpc) is 2.56. The van der Waals surface area contributed by atoms with E-state index in [2.05, 4.69) is 10.3 Å². The molecule has 0 bridgehead atoms. The Morgan fingerprint density at radius 2 is 2.00 bits per heavy atom. The van der Waals surface area contributed by atoms with Gasteiger partial charge in [-0.25, -0.2) is 4.98 Å². The van der Waals surface area contributed by atoms with Crippen LogP contribution in [0.2, 0.25) is 0 Å². The lowest BCUT2D eigenvalue weighted by Gasteiger charge is -2.09. The van der Waals surface area contributed by atoms with Crippen molar-refractivity contribution in [3.05, 3.63) is 47.0 Å². The fourth-order valence-corrected chi connectivity index (χ4v) is 2.02. The zero-order valence-electron chi connectivity index (χ0n) is 13.6. The molecule has 0 aliphatic heterocycles. The topological polar surface area (TPSA) is 73.2 Å². The second-order valence-electron chi connectivity index (χ2n) is 5.48. The maximum Gasteiger partial charge on any atom is 0.253 e. The van der Waals surface area contributed by atoms with Crippen molar-refractivity contribution in [3.63, 3.8) is 0 Å². The molecule has 2 rings (SSSR count). The number of benzene rings is 1. The standard InChI is InChI=1S/C17H21N3O3/c1-12(2)17(22)18-8-9-20-11-19-15(10-16(20)21)13-4-6-14(23-3)7-5-13/h4-7,10-12H,8-9H2,1-3H3,(H,18,22). The van der Waals surface area contributed by atoms with Gasteiger partial charge in [-0.3, -0.25) is 14.2 Å². The van der Waals surface area contributed by atoms with Gasteiger partial charge in [0.25, 0.3) is 5.56 Å². The first-order valence-electron chi connectivity index (χ1n) is 7.50. The van der Waals surface area contributed by atoms with Gasteiger partial charge in [-0.1, -0.05) is 13.8 Å². The largest absolute Gasteiger partial charge is 0.497 e. The van der Waals surface area contributed by atoms with Crippen molar-refractivity contribution >= 4 is 5.91 Å². The van der Waals surface area contributed by atoms with E-state index < -0.39 is 0 Å². The first-order chi connectivity index (χ1) is 11.0. The maximum absolute atomic E-state index is 12.1. The predicted molar refractivity (Wildman–Crippen MR) is 88.3 cm³/mol. The van der Waals surface area contributed by atoms with Crippen molar-refractivity contribution in [2.45, 2.75) is 20.4 Å². The van der Waals surface area contributed by atoms with E-state index in [4.69, 9.17) is 4.74 Å². The molecule has 1 aromatic carbocycles. The highest BCUT2D eigenvalue weighted by atomic mass is 16.5. The zero-order chi connectivity index (χ0) is 16.8. The van der Waals surface area contributed by atoms with Crippen LogP contribution in [0.3, 0.4) is 0 Å². The second-order valence-corrected chi connectivity index (χ2v) is 5.48. The van der Waals surface area contributed by atoms with Gasteiger partial charge in [-0.05, 0) is 24.3 Å². The van der Waals surface area contributed by atoms with Crippen molar-refractivity contribution < 1.29 is 9.53 Å². The van der Waals surface area contributed by atoms with Gasteiger partial charge in [0.1, 0.15) is 5.75 Å². The molecule has 0 saturated carbocycles. The number of nitrogens with one attached hydrogen (secondary N) is 1. The van der Waals surface area contributed by atoms with Gasteiger partial charge in [-0.2, -0.15) is 0 Å². The molecule has 1 heterocycles. The van der Waals surface area contributed by atoms with Gasteiger partial charge in [0.15, 0.2) is 0 Å². The number of carbonyl (C=O) groups is 1. The monoisotopic (exact) mass is 315 g/mol. The number of methoxy groups -OCH3 is 1. The Balaban J connectivity index is 2.05. The Hall–Kier alpha value is -2.63. The molecule has 1 amide bonds. The van der Waals surface area contributed by atoms with Crippen molar-refractivity contribution in [3.8, 4) is 17.0 Å². The van der Waals surface area contributed by atoms with Gasteiger partial charge < -0.3 is 10.1 Å². The van der Waals surface area contributed by atoms with Gasteiger partial charge in [0.05, 0.1) is 19.1 Å². The molecule has 1 N–H and O–H groups in total. The lowest BCUT2D eigenvalue weighted by molar-refractivity contribution is -0.124. The Labute approximate surface area is 135 Å². The third-order valence-electron chi connectivity index (χ3n) is 3.44. The third-order valence-corrected chi connectivity index (χ3v) is 3.44. The molecule has 0 aliphatic carbocycles. The van der Waals surface area contributed by atoms with Gasteiger partial charge in [0, 0.05) is 30.6 Å². The van der Waals surface area contributed by atoms with Crippen molar-refractivity contribution in [2.75, 3.05) is 13.7 Å². The first kappa shape index (κ1) is 16.7. The summed E-state index contributed by atoms with van der Waals surface area (Å²) in [5.41, 5.74) is 1.31. The molecule has 0 spiro atoms. The number of amides is 1. The van der Waals surface area contributed by atoms with Crippen molar-refractivity contribution in [2.24, 2.45) is 5.92 Å².